The molecule has 0 aromatic heterocycles. The molecule has 0 bridgehead atoms. The quantitative estimate of drug-likeness (QED) is 0.575. The Morgan fingerprint density at radius 2 is 1.60 bits per heavy atom. The van der Waals surface area contributed by atoms with Crippen LogP contribution in [0.3, 0.4) is 0 Å². The van der Waals surface area contributed by atoms with E-state index in [-0.39, 0.29) is 24.2 Å². The van der Waals surface area contributed by atoms with Crippen LogP contribution in [0.1, 0.15) is 60.5 Å². The van der Waals surface area contributed by atoms with Gasteiger partial charge in [0.05, 0.1) is 21.3 Å². The van der Waals surface area contributed by atoms with Gasteiger partial charge in [-0.05, 0) is 90.6 Å². The molecule has 3 heterocycles. The van der Waals surface area contributed by atoms with Gasteiger partial charge in [-0.15, -0.1) is 12.4 Å². The van der Waals surface area contributed by atoms with Crippen LogP contribution in [0, 0.1) is 11.8 Å². The standard InChI is InChI=1S/C28H38N2O4.ClH/c1-5-17-16-30-9-7-19-13-27(33-3)28(34-4)15-22(19)24(30)11-20(17)10-23-21-14-26(32-2)25(31)12-18(21)6-8-29-23;/h12-15,17,20,23-24,29,31H,5-11,16H2,1-4H3;1H. The Bertz CT molecular complexity index is 1050. The summed E-state index contributed by atoms with van der Waals surface area (Å²) in [5.41, 5.74) is 5.34. The molecule has 0 amide bonds. The summed E-state index contributed by atoms with van der Waals surface area (Å²) in [6, 6.07) is 9.06. The topological polar surface area (TPSA) is 63.2 Å². The number of nitrogens with one attached hydrogen (secondary N) is 1. The minimum Gasteiger partial charge on any atom is -0.504 e. The molecule has 2 aromatic carbocycles. The highest BCUT2D eigenvalue weighted by molar-refractivity contribution is 5.85. The predicted molar refractivity (Wildman–Crippen MR) is 140 cm³/mol. The fourth-order valence-corrected chi connectivity index (χ4v) is 6.59. The molecule has 3 aliphatic rings. The summed E-state index contributed by atoms with van der Waals surface area (Å²) >= 11 is 0. The fraction of sp³-hybridized carbons (Fsp3) is 0.571. The van der Waals surface area contributed by atoms with Gasteiger partial charge in [0.25, 0.3) is 0 Å². The molecule has 0 saturated carbocycles. The van der Waals surface area contributed by atoms with E-state index in [4.69, 9.17) is 14.2 Å². The van der Waals surface area contributed by atoms with E-state index < -0.39 is 0 Å². The summed E-state index contributed by atoms with van der Waals surface area (Å²) in [6.07, 6.45) is 5.46. The lowest BCUT2D eigenvalue weighted by atomic mass is 9.72. The molecule has 4 atom stereocenters. The van der Waals surface area contributed by atoms with Crippen LogP contribution >= 0.6 is 12.4 Å². The Morgan fingerprint density at radius 3 is 2.31 bits per heavy atom. The van der Waals surface area contributed by atoms with Gasteiger partial charge in [-0.25, -0.2) is 0 Å². The smallest absolute Gasteiger partial charge is 0.161 e. The summed E-state index contributed by atoms with van der Waals surface area (Å²) < 4.78 is 16.7. The summed E-state index contributed by atoms with van der Waals surface area (Å²) in [4.78, 5) is 2.70. The minimum atomic E-state index is 0. The maximum atomic E-state index is 10.3. The number of phenolic OH excluding ortho intramolecular Hbond substituents is 1. The van der Waals surface area contributed by atoms with Crippen molar-refractivity contribution in [1.82, 2.24) is 10.2 Å². The van der Waals surface area contributed by atoms with Crippen molar-refractivity contribution in [3.63, 3.8) is 0 Å². The molecule has 192 valence electrons. The van der Waals surface area contributed by atoms with E-state index in [1.807, 2.05) is 12.1 Å². The van der Waals surface area contributed by atoms with Crippen LogP contribution in [0.4, 0.5) is 0 Å². The number of fused-ring (bicyclic) bond motifs is 4. The number of piperidine rings is 1. The molecule has 7 heteroatoms. The van der Waals surface area contributed by atoms with Crippen molar-refractivity contribution in [3.05, 3.63) is 46.5 Å². The minimum absolute atomic E-state index is 0. The highest BCUT2D eigenvalue weighted by Crippen LogP contribution is 2.47. The van der Waals surface area contributed by atoms with Crippen LogP contribution in [0.5, 0.6) is 23.0 Å². The normalized spacial score (nSPS) is 25.5. The zero-order valence-electron chi connectivity index (χ0n) is 21.3. The molecule has 2 N–H and O–H groups in total. The van der Waals surface area contributed by atoms with Crippen LogP contribution in [0.15, 0.2) is 24.3 Å². The maximum Gasteiger partial charge on any atom is 0.161 e. The number of ether oxygens (including phenoxy) is 3. The zero-order valence-corrected chi connectivity index (χ0v) is 22.1. The van der Waals surface area contributed by atoms with Crippen molar-refractivity contribution < 1.29 is 19.3 Å². The number of hydrogen-bond acceptors (Lipinski definition) is 6. The van der Waals surface area contributed by atoms with Crippen molar-refractivity contribution >= 4 is 12.4 Å². The van der Waals surface area contributed by atoms with Crippen LogP contribution in [-0.2, 0) is 12.8 Å². The van der Waals surface area contributed by atoms with E-state index in [9.17, 15) is 5.11 Å². The van der Waals surface area contributed by atoms with Crippen molar-refractivity contribution in [2.24, 2.45) is 11.8 Å². The molecular formula is C28H39ClN2O4. The molecule has 0 aliphatic carbocycles. The van der Waals surface area contributed by atoms with Crippen LogP contribution < -0.4 is 19.5 Å². The Labute approximate surface area is 215 Å². The maximum absolute atomic E-state index is 10.3. The number of phenols is 1. The second-order valence-electron chi connectivity index (χ2n) is 10.0. The second kappa shape index (κ2) is 10.9. The first-order valence-corrected chi connectivity index (χ1v) is 12.7. The van der Waals surface area contributed by atoms with E-state index in [0.29, 0.717) is 23.6 Å². The van der Waals surface area contributed by atoms with Gasteiger partial charge >= 0.3 is 0 Å². The van der Waals surface area contributed by atoms with Crippen LogP contribution in [-0.4, -0.2) is 51.0 Å². The zero-order chi connectivity index (χ0) is 23.8. The molecular weight excluding hydrogens is 464 g/mol. The van der Waals surface area contributed by atoms with E-state index in [1.54, 1.807) is 21.3 Å². The number of nitrogens with zero attached hydrogens (tertiary/aromatic N) is 1. The monoisotopic (exact) mass is 502 g/mol. The lowest BCUT2D eigenvalue weighted by molar-refractivity contribution is 0.0434. The van der Waals surface area contributed by atoms with Crippen LogP contribution in [0.25, 0.3) is 0 Å². The third-order valence-electron chi connectivity index (χ3n) is 8.44. The summed E-state index contributed by atoms with van der Waals surface area (Å²) in [7, 11) is 5.06. The lowest BCUT2D eigenvalue weighted by Gasteiger charge is -2.48. The average Bonchev–Trinajstić information content (AvgIpc) is 2.87. The SMILES string of the molecule is CCC1CN2CCc3cc(OC)c(OC)cc3C2CC1CC1NCCc2cc(O)c(OC)cc21.Cl. The molecule has 0 spiro atoms. The number of aromatic hydroxyl groups is 1. The summed E-state index contributed by atoms with van der Waals surface area (Å²) in [5.74, 6) is 3.76. The van der Waals surface area contributed by atoms with Gasteiger partial charge in [-0.1, -0.05) is 13.3 Å². The Balaban J connectivity index is 0.00000289. The molecule has 0 radical (unpaired) electrons. The highest BCUT2D eigenvalue weighted by atomic mass is 35.5. The molecule has 6 nitrogen and oxygen atoms in total. The van der Waals surface area contributed by atoms with E-state index in [0.717, 1.165) is 56.8 Å². The Hall–Kier alpha value is -2.15. The van der Waals surface area contributed by atoms with Crippen molar-refractivity contribution in [2.75, 3.05) is 41.0 Å². The molecule has 3 aliphatic heterocycles. The van der Waals surface area contributed by atoms with Gasteiger partial charge in [-0.3, -0.25) is 4.90 Å². The van der Waals surface area contributed by atoms with E-state index >= 15 is 0 Å². The third kappa shape index (κ3) is 4.81. The van der Waals surface area contributed by atoms with Gasteiger partial charge in [0.15, 0.2) is 23.0 Å². The summed E-state index contributed by atoms with van der Waals surface area (Å²) in [5, 5.41) is 14.1. The van der Waals surface area contributed by atoms with Gasteiger partial charge in [0, 0.05) is 25.2 Å². The Kier molecular flexibility index (Phi) is 8.04. The van der Waals surface area contributed by atoms with E-state index in [1.165, 1.54) is 28.7 Å². The first-order chi connectivity index (χ1) is 16.6. The number of methoxy groups -OCH3 is 3. The molecule has 35 heavy (non-hydrogen) atoms. The van der Waals surface area contributed by atoms with Crippen molar-refractivity contribution in [1.29, 1.82) is 0 Å². The molecule has 5 rings (SSSR count). The average molecular weight is 503 g/mol. The highest BCUT2D eigenvalue weighted by Gasteiger charge is 2.40. The molecule has 1 fully saturated rings. The number of benzene rings is 2. The van der Waals surface area contributed by atoms with Gasteiger partial charge in [0.1, 0.15) is 0 Å². The van der Waals surface area contributed by atoms with Gasteiger partial charge in [0.2, 0.25) is 0 Å². The molecule has 1 saturated heterocycles. The molecule has 4 unspecified atom stereocenters. The number of halogens is 1. The van der Waals surface area contributed by atoms with Gasteiger partial charge < -0.3 is 24.6 Å². The third-order valence-corrected chi connectivity index (χ3v) is 8.44. The molecule has 2 aromatic rings. The summed E-state index contributed by atoms with van der Waals surface area (Å²) in [6.45, 7) is 5.55. The van der Waals surface area contributed by atoms with Gasteiger partial charge in [-0.2, -0.15) is 0 Å². The van der Waals surface area contributed by atoms with Crippen LogP contribution in [0.2, 0.25) is 0 Å². The largest absolute Gasteiger partial charge is 0.504 e. The van der Waals surface area contributed by atoms with E-state index in [2.05, 4.69) is 29.3 Å². The fourth-order valence-electron chi connectivity index (χ4n) is 6.59. The second-order valence-corrected chi connectivity index (χ2v) is 10.0. The number of hydrogen-bond donors (Lipinski definition) is 2. The Morgan fingerprint density at radius 1 is 0.914 bits per heavy atom. The van der Waals surface area contributed by atoms with Crippen molar-refractivity contribution in [3.8, 4) is 23.0 Å². The first kappa shape index (κ1) is 25.9. The van der Waals surface area contributed by atoms with Crippen molar-refractivity contribution in [2.45, 2.75) is 51.1 Å². The lowest BCUT2D eigenvalue weighted by Crippen LogP contribution is -2.46. The first-order valence-electron chi connectivity index (χ1n) is 12.7. The number of rotatable bonds is 6. The predicted octanol–water partition coefficient (Wildman–Crippen LogP) is 5.06.